The van der Waals surface area contributed by atoms with Gasteiger partial charge in [0.05, 0.1) is 27.3 Å². The van der Waals surface area contributed by atoms with Crippen molar-refractivity contribution in [2.75, 3.05) is 4.90 Å². The predicted molar refractivity (Wildman–Crippen MR) is 114 cm³/mol. The van der Waals surface area contributed by atoms with Gasteiger partial charge >= 0.3 is 0 Å². The number of hydrogen-bond acceptors (Lipinski definition) is 4. The topological polar surface area (TPSA) is 57.6 Å². The van der Waals surface area contributed by atoms with E-state index in [1.165, 1.54) is 16.2 Å². The fourth-order valence-electron chi connectivity index (χ4n) is 3.39. The van der Waals surface area contributed by atoms with Gasteiger partial charge in [-0.25, -0.2) is 0 Å². The van der Waals surface area contributed by atoms with Crippen molar-refractivity contribution in [3.8, 4) is 0 Å². The number of ketones is 1. The second-order valence-electron chi connectivity index (χ2n) is 6.60. The molecular weight excluding hydrogens is 462 g/mol. The summed E-state index contributed by atoms with van der Waals surface area (Å²) in [6, 6.07) is 17.7. The molecule has 0 unspecified atom stereocenters. The van der Waals surface area contributed by atoms with Gasteiger partial charge in [0, 0.05) is 10.6 Å². The van der Waals surface area contributed by atoms with Crippen molar-refractivity contribution in [1.82, 2.24) is 0 Å². The van der Waals surface area contributed by atoms with Gasteiger partial charge in [0.15, 0.2) is 11.4 Å². The lowest BCUT2D eigenvalue weighted by atomic mass is 9.89. The minimum absolute atomic E-state index is 0.269. The van der Waals surface area contributed by atoms with Gasteiger partial charge in [0.25, 0.3) is 5.91 Å². The second kappa shape index (κ2) is 7.44. The van der Waals surface area contributed by atoms with Crippen molar-refractivity contribution in [3.63, 3.8) is 0 Å². The zero-order chi connectivity index (χ0) is 19.9. The monoisotopic (exact) mass is 475 g/mol. The molecule has 0 saturated carbocycles. The Morgan fingerprint density at radius 3 is 2.50 bits per heavy atom. The van der Waals surface area contributed by atoms with Crippen LogP contribution in [0.1, 0.15) is 27.2 Å². The smallest absolute Gasteiger partial charge is 0.264 e. The second-order valence-corrected chi connectivity index (χ2v) is 9.50. The van der Waals surface area contributed by atoms with Crippen molar-refractivity contribution in [3.05, 3.63) is 85.5 Å². The van der Waals surface area contributed by atoms with Crippen LogP contribution < -0.4 is 4.90 Å². The molecule has 1 aliphatic heterocycles. The van der Waals surface area contributed by atoms with Crippen molar-refractivity contribution < 1.29 is 14.7 Å². The highest BCUT2D eigenvalue weighted by Gasteiger charge is 2.50. The zero-order valence-electron chi connectivity index (χ0n) is 14.6. The Kier molecular flexibility index (Phi) is 5.14. The molecule has 2 aromatic carbocycles. The number of rotatable bonds is 5. The molecule has 0 fully saturated rings. The average molecular weight is 477 g/mol. The molecule has 1 N–H and O–H groups in total. The summed E-state index contributed by atoms with van der Waals surface area (Å²) in [5, 5.41) is 11.9. The van der Waals surface area contributed by atoms with Crippen LogP contribution in [0.2, 0.25) is 5.02 Å². The third-order valence-corrected chi connectivity index (χ3v) is 6.67. The molecule has 142 valence electrons. The van der Waals surface area contributed by atoms with Gasteiger partial charge in [-0.2, -0.15) is 0 Å². The fraction of sp³-hybridized carbons (Fsp3) is 0.143. The third kappa shape index (κ3) is 3.42. The molecule has 7 heteroatoms. The van der Waals surface area contributed by atoms with Gasteiger partial charge in [0.1, 0.15) is 0 Å². The number of aliphatic hydroxyl groups is 1. The van der Waals surface area contributed by atoms with Crippen LogP contribution in [0.4, 0.5) is 5.69 Å². The summed E-state index contributed by atoms with van der Waals surface area (Å²) in [5.74, 6) is -0.762. The van der Waals surface area contributed by atoms with E-state index in [4.69, 9.17) is 11.6 Å². The number of halogens is 2. The average Bonchev–Trinajstić information content (AvgIpc) is 3.20. The molecule has 3 aromatic rings. The van der Waals surface area contributed by atoms with Gasteiger partial charge in [-0.15, -0.1) is 11.3 Å². The maximum Gasteiger partial charge on any atom is 0.264 e. The number of anilines is 1. The minimum atomic E-state index is -1.88. The zero-order valence-corrected chi connectivity index (χ0v) is 17.7. The molecule has 2 heterocycles. The van der Waals surface area contributed by atoms with E-state index in [9.17, 15) is 14.7 Å². The van der Waals surface area contributed by atoms with Crippen LogP contribution in [0.3, 0.4) is 0 Å². The number of carbonyl (C=O) groups excluding carboxylic acids is 2. The number of nitrogens with zero attached hydrogens (tertiary/aromatic N) is 1. The largest absolute Gasteiger partial charge is 0.375 e. The molecule has 28 heavy (non-hydrogen) atoms. The molecule has 4 rings (SSSR count). The molecule has 1 aliphatic rings. The highest BCUT2D eigenvalue weighted by Crippen LogP contribution is 2.44. The number of hydrogen-bond donors (Lipinski definition) is 1. The van der Waals surface area contributed by atoms with Gasteiger partial charge in [-0.05, 0) is 51.8 Å². The highest BCUT2D eigenvalue weighted by atomic mass is 79.9. The van der Waals surface area contributed by atoms with Gasteiger partial charge < -0.3 is 10.0 Å². The van der Waals surface area contributed by atoms with Crippen LogP contribution in [0.5, 0.6) is 0 Å². The third-order valence-electron chi connectivity index (χ3n) is 4.76. The van der Waals surface area contributed by atoms with E-state index < -0.39 is 11.5 Å². The van der Waals surface area contributed by atoms with Gasteiger partial charge in [-0.3, -0.25) is 9.59 Å². The van der Waals surface area contributed by atoms with E-state index in [1.54, 1.807) is 42.5 Å². The van der Waals surface area contributed by atoms with Crippen LogP contribution >= 0.6 is 38.9 Å². The maximum absolute atomic E-state index is 13.2. The standard InChI is InChI=1S/C21H15BrClNO3S/c22-19-10-9-18(28-19)17(25)11-21(27)15-3-1-2-4-16(15)24(20(21)26)12-13-5-7-14(23)8-6-13/h1-10,27H,11-12H2/t21-/m1/s1. The quantitative estimate of drug-likeness (QED) is 0.517. The van der Waals surface area contributed by atoms with Gasteiger partial charge in [0.2, 0.25) is 0 Å². The van der Waals surface area contributed by atoms with Crippen LogP contribution in [0.15, 0.2) is 64.5 Å². The molecule has 1 amide bonds. The molecule has 0 aliphatic carbocycles. The number of thiophene rings is 1. The summed E-state index contributed by atoms with van der Waals surface area (Å²) < 4.78 is 0.824. The van der Waals surface area contributed by atoms with Crippen LogP contribution in [0.25, 0.3) is 0 Å². The Hall–Kier alpha value is -1.99. The molecule has 4 nitrogen and oxygen atoms in total. The maximum atomic E-state index is 13.2. The lowest BCUT2D eigenvalue weighted by molar-refractivity contribution is -0.136. The van der Waals surface area contributed by atoms with E-state index in [-0.39, 0.29) is 18.7 Å². The van der Waals surface area contributed by atoms with Crippen LogP contribution in [-0.2, 0) is 16.9 Å². The molecule has 0 radical (unpaired) electrons. The first-order chi connectivity index (χ1) is 13.4. The molecule has 1 atom stereocenters. The predicted octanol–water partition coefficient (Wildman–Crippen LogP) is 5.17. The number of Topliss-reactive ketones (excluding diaryl/α,β-unsaturated/α-hetero) is 1. The lowest BCUT2D eigenvalue weighted by Gasteiger charge is -2.22. The highest BCUT2D eigenvalue weighted by molar-refractivity contribution is 9.11. The van der Waals surface area contributed by atoms with Crippen molar-refractivity contribution in [1.29, 1.82) is 0 Å². The SMILES string of the molecule is O=C(C[C@]1(O)C(=O)N(Cc2ccc(Cl)cc2)c2ccccc21)c1ccc(Br)s1. The Labute approximate surface area is 179 Å². The van der Waals surface area contributed by atoms with Crippen LogP contribution in [-0.4, -0.2) is 16.8 Å². The van der Waals surface area contributed by atoms with Crippen molar-refractivity contribution >= 4 is 56.2 Å². The van der Waals surface area contributed by atoms with E-state index in [0.717, 1.165) is 9.35 Å². The van der Waals surface area contributed by atoms with Crippen LogP contribution in [0, 0.1) is 0 Å². The Morgan fingerprint density at radius 1 is 1.11 bits per heavy atom. The van der Waals surface area contributed by atoms with Crippen molar-refractivity contribution in [2.45, 2.75) is 18.6 Å². The Balaban J connectivity index is 1.67. The summed E-state index contributed by atoms with van der Waals surface area (Å²) in [5.41, 5.74) is 0.0738. The number of amides is 1. The molecule has 0 saturated heterocycles. The molecule has 0 bridgehead atoms. The first-order valence-corrected chi connectivity index (χ1v) is 10.5. The first kappa shape index (κ1) is 19.3. The van der Waals surface area contributed by atoms with Crippen molar-refractivity contribution in [2.24, 2.45) is 0 Å². The summed E-state index contributed by atoms with van der Waals surface area (Å²) in [6.07, 6.45) is -0.299. The van der Waals surface area contributed by atoms with E-state index in [0.29, 0.717) is 21.2 Å². The summed E-state index contributed by atoms with van der Waals surface area (Å²) in [7, 11) is 0. The Morgan fingerprint density at radius 2 is 1.82 bits per heavy atom. The normalized spacial score (nSPS) is 18.4. The van der Waals surface area contributed by atoms with E-state index in [2.05, 4.69) is 15.9 Å². The summed E-state index contributed by atoms with van der Waals surface area (Å²) in [6.45, 7) is 0.286. The summed E-state index contributed by atoms with van der Waals surface area (Å²) >= 11 is 10.6. The fourth-order valence-corrected chi connectivity index (χ4v) is 4.84. The summed E-state index contributed by atoms with van der Waals surface area (Å²) in [4.78, 5) is 28.0. The number of carbonyl (C=O) groups is 2. The van der Waals surface area contributed by atoms with E-state index in [1.807, 2.05) is 18.2 Å². The first-order valence-electron chi connectivity index (χ1n) is 8.55. The Bertz CT molecular complexity index is 1070. The van der Waals surface area contributed by atoms with E-state index >= 15 is 0 Å². The number of para-hydroxylation sites is 1. The lowest BCUT2D eigenvalue weighted by Crippen LogP contribution is -2.41. The molecule has 1 aromatic heterocycles. The minimum Gasteiger partial charge on any atom is -0.375 e. The molecule has 0 spiro atoms. The van der Waals surface area contributed by atoms with Gasteiger partial charge in [-0.1, -0.05) is 41.9 Å². The number of benzene rings is 2. The molecular formula is C21H15BrClNO3S. The number of fused-ring (bicyclic) bond motifs is 1.